The van der Waals surface area contributed by atoms with Crippen LogP contribution < -0.4 is 0 Å². The molecule has 0 unspecified atom stereocenters. The van der Waals surface area contributed by atoms with Crippen molar-refractivity contribution in [3.05, 3.63) is 24.3 Å². The van der Waals surface area contributed by atoms with Gasteiger partial charge in [0.25, 0.3) is 0 Å². The summed E-state index contributed by atoms with van der Waals surface area (Å²) < 4.78 is 0. The quantitative estimate of drug-likeness (QED) is 0.0706. The van der Waals surface area contributed by atoms with Crippen molar-refractivity contribution in [3.8, 4) is 0 Å². The van der Waals surface area contributed by atoms with E-state index in [2.05, 4.69) is 38.2 Å². The Morgan fingerprint density at radius 2 is 0.588 bits per heavy atom. The van der Waals surface area contributed by atoms with Gasteiger partial charge in [0.1, 0.15) is 12.6 Å². The van der Waals surface area contributed by atoms with Crippen LogP contribution in [0.1, 0.15) is 168 Å². The predicted octanol–water partition coefficient (Wildman–Crippen LogP) is 10.9. The third-order valence-corrected chi connectivity index (χ3v) is 6.17. The van der Waals surface area contributed by atoms with Crippen LogP contribution >= 0.6 is 0 Å². The lowest BCUT2D eigenvalue weighted by atomic mass is 10.1. The molecule has 0 saturated heterocycles. The van der Waals surface area contributed by atoms with E-state index in [1.54, 1.807) is 0 Å². The molecule has 0 aliphatic heterocycles. The fraction of sp³-hybridized carbons (Fsp3) is 0.812. The fourth-order valence-electron chi connectivity index (χ4n) is 3.88. The second kappa shape index (κ2) is 36.4. The molecule has 0 aromatic carbocycles. The van der Waals surface area contributed by atoms with Crippen molar-refractivity contribution < 1.29 is 9.59 Å². The van der Waals surface area contributed by atoms with Gasteiger partial charge in [-0.25, -0.2) is 0 Å². The van der Waals surface area contributed by atoms with E-state index in [1.165, 1.54) is 128 Å². The van der Waals surface area contributed by atoms with Crippen molar-refractivity contribution in [2.75, 3.05) is 0 Å². The average Bonchev–Trinajstić information content (AvgIpc) is 2.85. The highest BCUT2D eigenvalue weighted by atomic mass is 16.1. The molecule has 0 heterocycles. The third-order valence-electron chi connectivity index (χ3n) is 6.17. The summed E-state index contributed by atoms with van der Waals surface area (Å²) in [6.45, 7) is 4.49. The van der Waals surface area contributed by atoms with E-state index in [0.29, 0.717) is 0 Å². The minimum absolute atomic E-state index is 0.748. The van der Waals surface area contributed by atoms with Crippen molar-refractivity contribution in [2.24, 2.45) is 0 Å². The van der Waals surface area contributed by atoms with Gasteiger partial charge in [-0.15, -0.1) is 0 Å². The molecule has 0 rings (SSSR count). The standard InChI is InChI=1S/2C16H30O/c2*1-2-3-4-5-6-7-8-9-10-11-12-13-14-15-16-17/h7-8,16H,2-6,9-15H2,1H3;5-6,16H,2-4,7-15H2,1H3/b8-7-;6-5+. The lowest BCUT2D eigenvalue weighted by Crippen LogP contribution is -1.81. The monoisotopic (exact) mass is 476 g/mol. The molecule has 0 amide bonds. The molecule has 200 valence electrons. The molecule has 0 aromatic heterocycles. The SMILES string of the molecule is CCCC/C=C/CCCCCCCCCC=O.CCCCCC/C=C\CCCCCCCC=O. The number of hydrogen-bond acceptors (Lipinski definition) is 2. The summed E-state index contributed by atoms with van der Waals surface area (Å²) in [5.41, 5.74) is 0. The van der Waals surface area contributed by atoms with E-state index in [0.717, 1.165) is 38.3 Å². The molecule has 0 bridgehead atoms. The highest BCUT2D eigenvalue weighted by Crippen LogP contribution is 2.10. The lowest BCUT2D eigenvalue weighted by Gasteiger charge is -1.99. The average molecular weight is 477 g/mol. The summed E-state index contributed by atoms with van der Waals surface area (Å²) in [5, 5.41) is 0. The van der Waals surface area contributed by atoms with E-state index in [-0.39, 0.29) is 0 Å². The largest absolute Gasteiger partial charge is 0.303 e. The Kier molecular flexibility index (Phi) is 37.4. The van der Waals surface area contributed by atoms with E-state index in [1.807, 2.05) is 0 Å². The van der Waals surface area contributed by atoms with E-state index in [9.17, 15) is 9.59 Å². The van der Waals surface area contributed by atoms with Crippen LogP contribution in [0.4, 0.5) is 0 Å². The van der Waals surface area contributed by atoms with Crippen LogP contribution in [0.5, 0.6) is 0 Å². The number of allylic oxidation sites excluding steroid dienone is 4. The topological polar surface area (TPSA) is 34.1 Å². The molecule has 34 heavy (non-hydrogen) atoms. The maximum atomic E-state index is 10.1. The molecule has 0 radical (unpaired) electrons. The molecule has 0 fully saturated rings. The summed E-state index contributed by atoms with van der Waals surface area (Å²) in [5.74, 6) is 0. The first-order valence-corrected chi connectivity index (χ1v) is 15.0. The number of carbonyl (C=O) groups excluding carboxylic acids is 2. The van der Waals surface area contributed by atoms with Gasteiger partial charge in [-0.3, -0.25) is 0 Å². The highest BCUT2D eigenvalue weighted by molar-refractivity contribution is 5.49. The lowest BCUT2D eigenvalue weighted by molar-refractivity contribution is -0.108. The van der Waals surface area contributed by atoms with Crippen molar-refractivity contribution in [1.29, 1.82) is 0 Å². The van der Waals surface area contributed by atoms with Crippen molar-refractivity contribution in [2.45, 2.75) is 168 Å². The molecule has 0 atom stereocenters. The van der Waals surface area contributed by atoms with Gasteiger partial charge in [-0.1, -0.05) is 122 Å². The second-order valence-electron chi connectivity index (χ2n) is 9.67. The normalized spacial score (nSPS) is 11.1. The zero-order valence-corrected chi connectivity index (χ0v) is 23.3. The van der Waals surface area contributed by atoms with Gasteiger partial charge in [0.2, 0.25) is 0 Å². The van der Waals surface area contributed by atoms with Crippen LogP contribution in [0.25, 0.3) is 0 Å². The minimum atomic E-state index is 0.748. The van der Waals surface area contributed by atoms with Gasteiger partial charge in [-0.05, 0) is 57.8 Å². The predicted molar refractivity (Wildman–Crippen MR) is 153 cm³/mol. The molecular formula is C32H60O2. The summed E-state index contributed by atoms with van der Waals surface area (Å²) >= 11 is 0. The maximum Gasteiger partial charge on any atom is 0.119 e. The summed E-state index contributed by atoms with van der Waals surface area (Å²) in [7, 11) is 0. The summed E-state index contributed by atoms with van der Waals surface area (Å²) in [6, 6.07) is 0. The maximum absolute atomic E-state index is 10.1. The van der Waals surface area contributed by atoms with E-state index >= 15 is 0 Å². The Balaban J connectivity index is 0. The second-order valence-corrected chi connectivity index (χ2v) is 9.67. The van der Waals surface area contributed by atoms with Crippen LogP contribution in [0.3, 0.4) is 0 Å². The summed E-state index contributed by atoms with van der Waals surface area (Å²) in [4.78, 5) is 20.2. The number of aldehydes is 2. The zero-order valence-electron chi connectivity index (χ0n) is 23.3. The van der Waals surface area contributed by atoms with Crippen molar-refractivity contribution in [3.63, 3.8) is 0 Å². The number of rotatable bonds is 26. The Morgan fingerprint density at radius 1 is 0.324 bits per heavy atom. The Bertz CT molecular complexity index is 425. The minimum Gasteiger partial charge on any atom is -0.303 e. The van der Waals surface area contributed by atoms with Gasteiger partial charge < -0.3 is 9.59 Å². The molecule has 0 saturated carbocycles. The zero-order chi connectivity index (χ0) is 25.2. The highest BCUT2D eigenvalue weighted by Gasteiger charge is 1.91. The van der Waals surface area contributed by atoms with Crippen molar-refractivity contribution >= 4 is 12.6 Å². The van der Waals surface area contributed by atoms with Crippen LogP contribution in [-0.2, 0) is 9.59 Å². The molecular weight excluding hydrogens is 416 g/mol. The third kappa shape index (κ3) is 38.1. The van der Waals surface area contributed by atoms with Gasteiger partial charge >= 0.3 is 0 Å². The molecule has 2 nitrogen and oxygen atoms in total. The molecule has 0 aliphatic rings. The van der Waals surface area contributed by atoms with Gasteiger partial charge in [0.05, 0.1) is 0 Å². The first kappa shape index (κ1) is 35.0. The first-order valence-electron chi connectivity index (χ1n) is 15.0. The molecule has 0 N–H and O–H groups in total. The summed E-state index contributed by atoms with van der Waals surface area (Å²) in [6.07, 6.45) is 41.3. The molecule has 0 spiro atoms. The first-order chi connectivity index (χ1) is 16.8. The van der Waals surface area contributed by atoms with Crippen LogP contribution in [0.2, 0.25) is 0 Å². The van der Waals surface area contributed by atoms with E-state index < -0.39 is 0 Å². The van der Waals surface area contributed by atoms with Crippen molar-refractivity contribution in [1.82, 2.24) is 0 Å². The molecule has 2 heteroatoms. The Morgan fingerprint density at radius 3 is 0.912 bits per heavy atom. The van der Waals surface area contributed by atoms with Gasteiger partial charge in [-0.2, -0.15) is 0 Å². The Hall–Kier alpha value is -1.18. The fourth-order valence-corrected chi connectivity index (χ4v) is 3.88. The number of hydrogen-bond donors (Lipinski definition) is 0. The number of carbonyl (C=O) groups is 2. The van der Waals surface area contributed by atoms with Crippen LogP contribution in [-0.4, -0.2) is 12.6 Å². The molecule has 0 aromatic rings. The smallest absolute Gasteiger partial charge is 0.119 e. The molecule has 0 aliphatic carbocycles. The van der Waals surface area contributed by atoms with Gasteiger partial charge in [0.15, 0.2) is 0 Å². The van der Waals surface area contributed by atoms with Crippen LogP contribution in [0.15, 0.2) is 24.3 Å². The van der Waals surface area contributed by atoms with E-state index in [4.69, 9.17) is 0 Å². The van der Waals surface area contributed by atoms with Gasteiger partial charge in [0, 0.05) is 12.8 Å². The number of unbranched alkanes of at least 4 members (excludes halogenated alkanes) is 20. The Labute approximate surface area is 214 Å². The van der Waals surface area contributed by atoms with Crippen LogP contribution in [0, 0.1) is 0 Å².